The van der Waals surface area contributed by atoms with Crippen LogP contribution in [0.25, 0.3) is 5.69 Å². The summed E-state index contributed by atoms with van der Waals surface area (Å²) in [6.45, 7) is 5.81. The standard InChI is InChI=1S/C17H20N6OS/c1-11-4-7-14(12(2)8-11)23-16(20-21-22-23)25-9-15(24)19-17(3,10-18)13-5-6-13/h4,7-8,13H,5-6,9H2,1-3H3,(H,19,24)/t17-/m1/s1. The van der Waals surface area contributed by atoms with Gasteiger partial charge in [0.05, 0.1) is 17.5 Å². The maximum Gasteiger partial charge on any atom is 0.231 e. The van der Waals surface area contributed by atoms with Crippen LogP contribution in [0.1, 0.15) is 30.9 Å². The Hall–Kier alpha value is -2.40. The summed E-state index contributed by atoms with van der Waals surface area (Å²) in [5.74, 6) is 0.234. The molecule has 1 heterocycles. The van der Waals surface area contributed by atoms with Gasteiger partial charge in [-0.1, -0.05) is 29.5 Å². The highest BCUT2D eigenvalue weighted by molar-refractivity contribution is 7.99. The van der Waals surface area contributed by atoms with Gasteiger partial charge in [0.2, 0.25) is 11.1 Å². The van der Waals surface area contributed by atoms with Crippen molar-refractivity contribution in [1.82, 2.24) is 25.5 Å². The fourth-order valence-electron chi connectivity index (χ4n) is 2.80. The van der Waals surface area contributed by atoms with Crippen molar-refractivity contribution in [2.24, 2.45) is 5.92 Å². The Labute approximate surface area is 150 Å². The molecule has 0 spiro atoms. The lowest BCUT2D eigenvalue weighted by Crippen LogP contribution is -2.47. The summed E-state index contributed by atoms with van der Waals surface area (Å²) in [6, 6.07) is 8.25. The van der Waals surface area contributed by atoms with Crippen LogP contribution >= 0.6 is 11.8 Å². The van der Waals surface area contributed by atoms with Crippen molar-refractivity contribution in [3.63, 3.8) is 0 Å². The molecule has 1 fully saturated rings. The molecule has 1 N–H and O–H groups in total. The second kappa shape index (κ2) is 6.84. The number of aromatic nitrogens is 4. The molecule has 1 atom stereocenters. The van der Waals surface area contributed by atoms with Crippen molar-refractivity contribution in [1.29, 1.82) is 5.26 Å². The summed E-state index contributed by atoms with van der Waals surface area (Å²) in [5.41, 5.74) is 2.33. The number of nitrogens with zero attached hydrogens (tertiary/aromatic N) is 5. The van der Waals surface area contributed by atoms with E-state index in [0.29, 0.717) is 5.16 Å². The quantitative estimate of drug-likeness (QED) is 0.797. The normalized spacial score (nSPS) is 16.1. The van der Waals surface area contributed by atoms with Crippen LogP contribution in [0.15, 0.2) is 23.4 Å². The number of hydrogen-bond acceptors (Lipinski definition) is 6. The van der Waals surface area contributed by atoms with Gasteiger partial charge in [0, 0.05) is 0 Å². The minimum absolute atomic E-state index is 0.162. The van der Waals surface area contributed by atoms with E-state index in [1.807, 2.05) is 26.0 Å². The number of hydrogen-bond donors (Lipinski definition) is 1. The molecule has 0 unspecified atom stereocenters. The van der Waals surface area contributed by atoms with E-state index in [0.717, 1.165) is 24.1 Å². The Kier molecular flexibility index (Phi) is 4.77. The number of amides is 1. The maximum absolute atomic E-state index is 12.2. The van der Waals surface area contributed by atoms with Crippen molar-refractivity contribution in [2.45, 2.75) is 44.3 Å². The Morgan fingerprint density at radius 2 is 2.24 bits per heavy atom. The van der Waals surface area contributed by atoms with E-state index in [4.69, 9.17) is 0 Å². The fraction of sp³-hybridized carbons (Fsp3) is 0.471. The van der Waals surface area contributed by atoms with E-state index < -0.39 is 5.54 Å². The molecule has 2 aromatic rings. The molecule has 3 rings (SSSR count). The third-order valence-electron chi connectivity index (χ3n) is 4.38. The molecule has 25 heavy (non-hydrogen) atoms. The molecule has 130 valence electrons. The number of aryl methyl sites for hydroxylation is 2. The van der Waals surface area contributed by atoms with Crippen molar-refractivity contribution in [3.8, 4) is 11.8 Å². The number of nitriles is 1. The number of nitrogens with one attached hydrogen (secondary N) is 1. The predicted molar refractivity (Wildman–Crippen MR) is 94.2 cm³/mol. The molecule has 0 saturated heterocycles. The highest BCUT2D eigenvalue weighted by atomic mass is 32.2. The first-order valence-electron chi connectivity index (χ1n) is 8.14. The Bertz CT molecular complexity index is 838. The highest BCUT2D eigenvalue weighted by Crippen LogP contribution is 2.39. The van der Waals surface area contributed by atoms with E-state index in [1.165, 1.54) is 17.3 Å². The third kappa shape index (κ3) is 3.82. The lowest BCUT2D eigenvalue weighted by atomic mass is 9.98. The first kappa shape index (κ1) is 17.4. The van der Waals surface area contributed by atoms with Crippen LogP contribution in [0.2, 0.25) is 0 Å². The SMILES string of the molecule is Cc1ccc(-n2nnnc2SCC(=O)N[C@](C)(C#N)C2CC2)c(C)c1. The second-order valence-corrected chi connectivity index (χ2v) is 7.53. The molecule has 7 nitrogen and oxygen atoms in total. The molecule has 1 amide bonds. The third-order valence-corrected chi connectivity index (χ3v) is 5.30. The van der Waals surface area contributed by atoms with E-state index in [2.05, 4.69) is 33.0 Å². The van der Waals surface area contributed by atoms with Gasteiger partial charge < -0.3 is 5.32 Å². The van der Waals surface area contributed by atoms with Gasteiger partial charge in [0.15, 0.2) is 0 Å². The van der Waals surface area contributed by atoms with Gasteiger partial charge in [-0.3, -0.25) is 4.79 Å². The maximum atomic E-state index is 12.2. The Balaban J connectivity index is 1.68. The number of carbonyl (C=O) groups is 1. The molecular weight excluding hydrogens is 336 g/mol. The molecule has 0 bridgehead atoms. The molecule has 1 aromatic heterocycles. The molecule has 0 radical (unpaired) electrons. The van der Waals surface area contributed by atoms with Crippen LogP contribution in [-0.2, 0) is 4.79 Å². The molecule has 8 heteroatoms. The number of rotatable bonds is 6. The monoisotopic (exact) mass is 356 g/mol. The van der Waals surface area contributed by atoms with Gasteiger partial charge in [-0.25, -0.2) is 0 Å². The van der Waals surface area contributed by atoms with Crippen LogP contribution in [0, 0.1) is 31.1 Å². The summed E-state index contributed by atoms with van der Waals surface area (Å²) in [7, 11) is 0. The number of benzene rings is 1. The summed E-state index contributed by atoms with van der Waals surface area (Å²) in [6.07, 6.45) is 1.98. The topological polar surface area (TPSA) is 96.5 Å². The first-order valence-corrected chi connectivity index (χ1v) is 9.12. The molecule has 1 aromatic carbocycles. The van der Waals surface area contributed by atoms with Gasteiger partial charge in [-0.2, -0.15) is 9.94 Å². The summed E-state index contributed by atoms with van der Waals surface area (Å²) >= 11 is 1.26. The highest BCUT2D eigenvalue weighted by Gasteiger charge is 2.42. The van der Waals surface area contributed by atoms with Gasteiger partial charge in [0.25, 0.3) is 0 Å². The zero-order chi connectivity index (χ0) is 18.0. The van der Waals surface area contributed by atoms with E-state index >= 15 is 0 Å². The molecular formula is C17H20N6OS. The predicted octanol–water partition coefficient (Wildman–Crippen LogP) is 2.18. The molecule has 0 aliphatic heterocycles. The Morgan fingerprint density at radius 3 is 2.88 bits per heavy atom. The smallest absolute Gasteiger partial charge is 0.231 e. The van der Waals surface area contributed by atoms with Crippen LogP contribution in [0.4, 0.5) is 0 Å². The second-order valence-electron chi connectivity index (χ2n) is 6.59. The number of tetrazole rings is 1. The minimum Gasteiger partial charge on any atom is -0.337 e. The lowest BCUT2D eigenvalue weighted by molar-refractivity contribution is -0.119. The largest absolute Gasteiger partial charge is 0.337 e. The lowest BCUT2D eigenvalue weighted by Gasteiger charge is -2.22. The van der Waals surface area contributed by atoms with E-state index in [9.17, 15) is 10.1 Å². The molecule has 1 aliphatic carbocycles. The van der Waals surface area contributed by atoms with Gasteiger partial charge in [-0.05, 0) is 61.6 Å². The summed E-state index contributed by atoms with van der Waals surface area (Å²) in [4.78, 5) is 12.2. The fourth-order valence-corrected chi connectivity index (χ4v) is 3.48. The number of carbonyl (C=O) groups excluding carboxylic acids is 1. The van der Waals surface area contributed by atoms with E-state index in [-0.39, 0.29) is 17.6 Å². The number of thioether (sulfide) groups is 1. The zero-order valence-electron chi connectivity index (χ0n) is 14.5. The van der Waals surface area contributed by atoms with Gasteiger partial charge in [-0.15, -0.1) is 5.10 Å². The average Bonchev–Trinajstić information content (AvgIpc) is 3.33. The van der Waals surface area contributed by atoms with Crippen LogP contribution < -0.4 is 5.32 Å². The zero-order valence-corrected chi connectivity index (χ0v) is 15.3. The summed E-state index contributed by atoms with van der Waals surface area (Å²) in [5, 5.41) is 24.5. The molecule has 1 saturated carbocycles. The van der Waals surface area contributed by atoms with Crippen molar-refractivity contribution in [3.05, 3.63) is 29.3 Å². The van der Waals surface area contributed by atoms with Gasteiger partial charge >= 0.3 is 0 Å². The van der Waals surface area contributed by atoms with Crippen LogP contribution in [0.3, 0.4) is 0 Å². The van der Waals surface area contributed by atoms with Crippen molar-refractivity contribution in [2.75, 3.05) is 5.75 Å². The van der Waals surface area contributed by atoms with Crippen LogP contribution in [0.5, 0.6) is 0 Å². The van der Waals surface area contributed by atoms with Crippen LogP contribution in [-0.4, -0.2) is 37.4 Å². The van der Waals surface area contributed by atoms with Crippen molar-refractivity contribution >= 4 is 17.7 Å². The average molecular weight is 356 g/mol. The van der Waals surface area contributed by atoms with Crippen molar-refractivity contribution < 1.29 is 4.79 Å². The summed E-state index contributed by atoms with van der Waals surface area (Å²) < 4.78 is 1.64. The first-order chi connectivity index (χ1) is 11.9. The minimum atomic E-state index is -0.781. The van der Waals surface area contributed by atoms with Gasteiger partial charge in [0.1, 0.15) is 5.54 Å². The Morgan fingerprint density at radius 1 is 1.48 bits per heavy atom. The van der Waals surface area contributed by atoms with E-state index in [1.54, 1.807) is 11.6 Å². The molecule has 1 aliphatic rings.